The highest BCUT2D eigenvalue weighted by molar-refractivity contribution is 6.31. The molecule has 1 N–H and O–H groups in total. The Morgan fingerprint density at radius 1 is 1.20 bits per heavy atom. The standard InChI is InChI=1S/C19H19ClN2O3/c1-12-8-16(5-6-17(12)21-19(23)24-3)25-11-15-10-13-9-14(20)4-7-18(13)22(15)2/h4-10H,11H2,1-3H3,(H,21,23). The smallest absolute Gasteiger partial charge is 0.411 e. The summed E-state index contributed by atoms with van der Waals surface area (Å²) >= 11 is 6.05. The number of amides is 1. The second-order valence-corrected chi connectivity index (χ2v) is 6.22. The van der Waals surface area contributed by atoms with E-state index in [2.05, 4.69) is 20.7 Å². The molecule has 0 fully saturated rings. The Morgan fingerprint density at radius 2 is 2.00 bits per heavy atom. The number of rotatable bonds is 4. The van der Waals surface area contributed by atoms with Crippen LogP contribution in [0.4, 0.5) is 10.5 Å². The van der Waals surface area contributed by atoms with Crippen LogP contribution in [0, 0.1) is 6.92 Å². The van der Waals surface area contributed by atoms with E-state index >= 15 is 0 Å². The number of nitrogens with one attached hydrogen (secondary N) is 1. The number of benzene rings is 2. The van der Waals surface area contributed by atoms with Crippen molar-refractivity contribution < 1.29 is 14.3 Å². The van der Waals surface area contributed by atoms with Gasteiger partial charge in [0.1, 0.15) is 12.4 Å². The topological polar surface area (TPSA) is 52.5 Å². The van der Waals surface area contributed by atoms with E-state index in [1.165, 1.54) is 7.11 Å². The second kappa shape index (κ2) is 7.07. The van der Waals surface area contributed by atoms with Crippen molar-refractivity contribution in [3.8, 4) is 5.75 Å². The fraction of sp³-hybridized carbons (Fsp3) is 0.211. The number of methoxy groups -OCH3 is 1. The van der Waals surface area contributed by atoms with Crippen LogP contribution >= 0.6 is 11.6 Å². The predicted molar refractivity (Wildman–Crippen MR) is 99.5 cm³/mol. The van der Waals surface area contributed by atoms with Crippen LogP contribution in [0.3, 0.4) is 0 Å². The van der Waals surface area contributed by atoms with E-state index in [0.717, 1.165) is 32.9 Å². The van der Waals surface area contributed by atoms with Crippen LogP contribution in [-0.2, 0) is 18.4 Å². The molecule has 2 aromatic carbocycles. The Morgan fingerprint density at radius 3 is 2.72 bits per heavy atom. The van der Waals surface area contributed by atoms with Crippen LogP contribution in [0.1, 0.15) is 11.3 Å². The number of hydrogen-bond donors (Lipinski definition) is 1. The first kappa shape index (κ1) is 17.2. The van der Waals surface area contributed by atoms with Crippen LogP contribution in [0.2, 0.25) is 5.02 Å². The highest BCUT2D eigenvalue weighted by atomic mass is 35.5. The number of aryl methyl sites for hydroxylation is 2. The number of hydrogen-bond acceptors (Lipinski definition) is 3. The number of nitrogens with zero attached hydrogens (tertiary/aromatic N) is 1. The summed E-state index contributed by atoms with van der Waals surface area (Å²) in [6.45, 7) is 2.34. The molecule has 3 aromatic rings. The van der Waals surface area contributed by atoms with Crippen molar-refractivity contribution in [2.75, 3.05) is 12.4 Å². The lowest BCUT2D eigenvalue weighted by Gasteiger charge is -2.11. The van der Waals surface area contributed by atoms with Crippen molar-refractivity contribution in [1.82, 2.24) is 4.57 Å². The molecule has 25 heavy (non-hydrogen) atoms. The lowest BCUT2D eigenvalue weighted by molar-refractivity contribution is 0.187. The fourth-order valence-electron chi connectivity index (χ4n) is 2.70. The molecule has 0 radical (unpaired) electrons. The maximum absolute atomic E-state index is 11.3. The zero-order chi connectivity index (χ0) is 18.0. The summed E-state index contributed by atoms with van der Waals surface area (Å²) in [5.41, 5.74) is 3.74. The van der Waals surface area contributed by atoms with Gasteiger partial charge in [-0.15, -0.1) is 0 Å². The van der Waals surface area contributed by atoms with E-state index in [-0.39, 0.29) is 0 Å². The van der Waals surface area contributed by atoms with Gasteiger partial charge in [-0.1, -0.05) is 11.6 Å². The third kappa shape index (κ3) is 3.72. The summed E-state index contributed by atoms with van der Waals surface area (Å²) in [6.07, 6.45) is -0.495. The Labute approximate surface area is 151 Å². The summed E-state index contributed by atoms with van der Waals surface area (Å²) < 4.78 is 12.6. The first-order valence-electron chi connectivity index (χ1n) is 7.80. The van der Waals surface area contributed by atoms with E-state index < -0.39 is 6.09 Å². The van der Waals surface area contributed by atoms with E-state index in [4.69, 9.17) is 16.3 Å². The number of halogens is 1. The van der Waals surface area contributed by atoms with E-state index in [1.807, 2.05) is 44.3 Å². The monoisotopic (exact) mass is 358 g/mol. The van der Waals surface area contributed by atoms with Crippen molar-refractivity contribution in [1.29, 1.82) is 0 Å². The molecule has 0 saturated carbocycles. The molecule has 0 unspecified atom stereocenters. The van der Waals surface area contributed by atoms with Crippen LogP contribution in [0.25, 0.3) is 10.9 Å². The van der Waals surface area contributed by atoms with Gasteiger partial charge in [0, 0.05) is 28.7 Å². The van der Waals surface area contributed by atoms with Gasteiger partial charge in [-0.05, 0) is 55.0 Å². The van der Waals surface area contributed by atoms with Gasteiger partial charge in [-0.3, -0.25) is 5.32 Å². The molecular formula is C19H19ClN2O3. The van der Waals surface area contributed by atoms with Crippen LogP contribution in [0.5, 0.6) is 5.75 Å². The average Bonchev–Trinajstić information content (AvgIpc) is 2.90. The molecule has 1 heterocycles. The molecule has 5 nitrogen and oxygen atoms in total. The Balaban J connectivity index is 1.74. The van der Waals surface area contributed by atoms with Crippen LogP contribution in [0.15, 0.2) is 42.5 Å². The van der Waals surface area contributed by atoms with Gasteiger partial charge in [0.15, 0.2) is 0 Å². The van der Waals surface area contributed by atoms with Crippen LogP contribution in [-0.4, -0.2) is 17.8 Å². The first-order chi connectivity index (χ1) is 12.0. The predicted octanol–water partition coefficient (Wildman–Crippen LogP) is 4.90. The van der Waals surface area contributed by atoms with E-state index in [1.54, 1.807) is 6.07 Å². The van der Waals surface area contributed by atoms with Gasteiger partial charge in [-0.25, -0.2) is 4.79 Å². The molecule has 0 aliphatic rings. The molecule has 0 aliphatic heterocycles. The largest absolute Gasteiger partial charge is 0.487 e. The Bertz CT molecular complexity index is 934. The Kier molecular flexibility index (Phi) is 4.86. The number of anilines is 1. The van der Waals surface area contributed by atoms with E-state index in [0.29, 0.717) is 12.3 Å². The van der Waals surface area contributed by atoms with Gasteiger partial charge in [0.2, 0.25) is 0 Å². The fourth-order valence-corrected chi connectivity index (χ4v) is 2.88. The molecule has 0 atom stereocenters. The average molecular weight is 359 g/mol. The van der Waals surface area contributed by atoms with E-state index in [9.17, 15) is 4.79 Å². The highest BCUT2D eigenvalue weighted by Gasteiger charge is 2.09. The molecule has 3 rings (SSSR count). The lowest BCUT2D eigenvalue weighted by Crippen LogP contribution is -2.11. The lowest BCUT2D eigenvalue weighted by atomic mass is 10.2. The third-order valence-electron chi connectivity index (χ3n) is 4.11. The minimum atomic E-state index is -0.495. The molecule has 1 aromatic heterocycles. The zero-order valence-electron chi connectivity index (χ0n) is 14.3. The number of ether oxygens (including phenoxy) is 2. The first-order valence-corrected chi connectivity index (χ1v) is 8.18. The molecule has 6 heteroatoms. The van der Waals surface area contributed by atoms with Gasteiger partial charge < -0.3 is 14.0 Å². The third-order valence-corrected chi connectivity index (χ3v) is 4.35. The van der Waals surface area contributed by atoms with Gasteiger partial charge in [0.25, 0.3) is 0 Å². The van der Waals surface area contributed by atoms with Gasteiger partial charge in [0.05, 0.1) is 12.8 Å². The summed E-state index contributed by atoms with van der Waals surface area (Å²) in [6, 6.07) is 13.4. The minimum Gasteiger partial charge on any atom is -0.487 e. The van der Waals surface area contributed by atoms with Crippen molar-refractivity contribution >= 4 is 34.3 Å². The summed E-state index contributed by atoms with van der Waals surface area (Å²) in [5.74, 6) is 0.733. The normalized spacial score (nSPS) is 10.7. The summed E-state index contributed by atoms with van der Waals surface area (Å²) in [5, 5.41) is 4.46. The molecule has 0 bridgehead atoms. The van der Waals surface area contributed by atoms with Crippen molar-refractivity contribution in [2.24, 2.45) is 7.05 Å². The molecule has 1 amide bonds. The molecular weight excluding hydrogens is 340 g/mol. The molecule has 0 aliphatic carbocycles. The molecule has 130 valence electrons. The van der Waals surface area contributed by atoms with Crippen LogP contribution < -0.4 is 10.1 Å². The summed E-state index contributed by atoms with van der Waals surface area (Å²) in [7, 11) is 3.34. The van der Waals surface area contributed by atoms with Crippen molar-refractivity contribution in [3.05, 3.63) is 58.7 Å². The Hall–Kier alpha value is -2.66. The van der Waals surface area contributed by atoms with Gasteiger partial charge >= 0.3 is 6.09 Å². The van der Waals surface area contributed by atoms with Crippen molar-refractivity contribution in [2.45, 2.75) is 13.5 Å². The maximum atomic E-state index is 11.3. The SMILES string of the molecule is COC(=O)Nc1ccc(OCc2cc3cc(Cl)ccc3n2C)cc1C. The van der Waals surface area contributed by atoms with Crippen molar-refractivity contribution in [3.63, 3.8) is 0 Å². The van der Waals surface area contributed by atoms with Gasteiger partial charge in [-0.2, -0.15) is 0 Å². The molecule has 0 saturated heterocycles. The zero-order valence-corrected chi connectivity index (χ0v) is 15.1. The number of aromatic nitrogens is 1. The maximum Gasteiger partial charge on any atom is 0.411 e. The quantitative estimate of drug-likeness (QED) is 0.721. The minimum absolute atomic E-state index is 0.437. The highest BCUT2D eigenvalue weighted by Crippen LogP contribution is 2.25. The number of fused-ring (bicyclic) bond motifs is 1. The number of carbonyl (C=O) groups is 1. The number of carbonyl (C=O) groups excluding carboxylic acids is 1. The second-order valence-electron chi connectivity index (χ2n) is 5.78. The summed E-state index contributed by atoms with van der Waals surface area (Å²) in [4.78, 5) is 11.3. The molecule has 0 spiro atoms.